The zero-order valence-corrected chi connectivity index (χ0v) is 16.4. The van der Waals surface area contributed by atoms with Gasteiger partial charge in [-0.05, 0) is 35.7 Å². The molecule has 0 amide bonds. The summed E-state index contributed by atoms with van der Waals surface area (Å²) in [5.41, 5.74) is 4.19. The number of hydrogen-bond donors (Lipinski definition) is 1. The van der Waals surface area contributed by atoms with Gasteiger partial charge in [-0.2, -0.15) is 0 Å². The lowest BCUT2D eigenvalue weighted by Gasteiger charge is -2.07. The Kier molecular flexibility index (Phi) is 5.15. The van der Waals surface area contributed by atoms with Gasteiger partial charge in [0.15, 0.2) is 0 Å². The lowest BCUT2D eigenvalue weighted by atomic mass is 10.0. The third-order valence-electron chi connectivity index (χ3n) is 5.29. The van der Waals surface area contributed by atoms with Gasteiger partial charge in [-0.3, -0.25) is 9.36 Å². The predicted octanol–water partition coefficient (Wildman–Crippen LogP) is 5.34. The largest absolute Gasteiger partial charge is 0.495 e. The van der Waals surface area contributed by atoms with Gasteiger partial charge in [0.2, 0.25) is 5.91 Å². The molecule has 0 bridgehead atoms. The van der Waals surface area contributed by atoms with Crippen molar-refractivity contribution in [2.45, 2.75) is 39.0 Å². The zero-order chi connectivity index (χ0) is 19.5. The van der Waals surface area contributed by atoms with Gasteiger partial charge < -0.3 is 9.72 Å². The second kappa shape index (κ2) is 7.89. The minimum atomic E-state index is 0.168. The second-order valence-electron chi connectivity index (χ2n) is 7.15. The molecule has 144 valence electrons. The van der Waals surface area contributed by atoms with Crippen LogP contribution < -0.4 is 4.74 Å². The van der Waals surface area contributed by atoms with Crippen molar-refractivity contribution in [2.24, 2.45) is 0 Å². The van der Waals surface area contributed by atoms with Gasteiger partial charge in [0.1, 0.15) is 11.4 Å². The fourth-order valence-electron chi connectivity index (χ4n) is 3.75. The number of fused-ring (bicyclic) bond motifs is 2. The summed E-state index contributed by atoms with van der Waals surface area (Å²) in [7, 11) is 1.65. The molecular weight excluding hydrogens is 350 g/mol. The standard InChI is InChI=1S/C23H25N3O2/c1-3-4-5-9-22(27)26-11-10-19-16(7-6-8-21(19)26)12-17-14-24-23-20(17)13-18(28-2)15-25-23/h6-8,10-11,13-15H,3-5,9,12H2,1-2H3,(H,24,25). The van der Waals surface area contributed by atoms with E-state index in [0.717, 1.165) is 58.9 Å². The Morgan fingerprint density at radius 3 is 2.89 bits per heavy atom. The van der Waals surface area contributed by atoms with Crippen LogP contribution in [0.25, 0.3) is 21.9 Å². The van der Waals surface area contributed by atoms with Crippen molar-refractivity contribution in [2.75, 3.05) is 7.11 Å². The van der Waals surface area contributed by atoms with E-state index in [1.807, 2.05) is 30.6 Å². The second-order valence-corrected chi connectivity index (χ2v) is 7.15. The summed E-state index contributed by atoms with van der Waals surface area (Å²) >= 11 is 0. The van der Waals surface area contributed by atoms with Crippen molar-refractivity contribution in [1.82, 2.24) is 14.5 Å². The van der Waals surface area contributed by atoms with E-state index in [-0.39, 0.29) is 5.91 Å². The highest BCUT2D eigenvalue weighted by atomic mass is 16.5. The Labute approximate surface area is 164 Å². The molecule has 0 radical (unpaired) electrons. The summed E-state index contributed by atoms with van der Waals surface area (Å²) in [5, 5.41) is 2.18. The van der Waals surface area contributed by atoms with Crippen molar-refractivity contribution in [3.8, 4) is 5.75 Å². The lowest BCUT2D eigenvalue weighted by molar-refractivity contribution is 0.0904. The van der Waals surface area contributed by atoms with Crippen molar-refractivity contribution < 1.29 is 9.53 Å². The molecule has 5 nitrogen and oxygen atoms in total. The molecule has 0 fully saturated rings. The highest BCUT2D eigenvalue weighted by Crippen LogP contribution is 2.27. The predicted molar refractivity (Wildman–Crippen MR) is 112 cm³/mol. The molecule has 0 atom stereocenters. The summed E-state index contributed by atoms with van der Waals surface area (Å²) in [6.07, 6.45) is 10.1. The smallest absolute Gasteiger partial charge is 0.231 e. The Hall–Kier alpha value is -3.08. The number of ether oxygens (including phenoxy) is 1. The van der Waals surface area contributed by atoms with Crippen molar-refractivity contribution in [3.05, 3.63) is 60.0 Å². The molecule has 0 aliphatic heterocycles. The highest BCUT2D eigenvalue weighted by molar-refractivity contribution is 5.94. The zero-order valence-electron chi connectivity index (χ0n) is 16.4. The first-order valence-corrected chi connectivity index (χ1v) is 9.83. The Balaban J connectivity index is 1.66. The van der Waals surface area contributed by atoms with E-state index in [0.29, 0.717) is 6.42 Å². The van der Waals surface area contributed by atoms with E-state index >= 15 is 0 Å². The fraction of sp³-hybridized carbons (Fsp3) is 0.304. The van der Waals surface area contributed by atoms with Gasteiger partial charge >= 0.3 is 0 Å². The van der Waals surface area contributed by atoms with Crippen LogP contribution in [0, 0.1) is 0 Å². The van der Waals surface area contributed by atoms with E-state index in [1.54, 1.807) is 17.9 Å². The summed E-state index contributed by atoms with van der Waals surface area (Å²) in [6.45, 7) is 2.15. The van der Waals surface area contributed by atoms with Crippen molar-refractivity contribution in [1.29, 1.82) is 0 Å². The first-order valence-electron chi connectivity index (χ1n) is 9.83. The van der Waals surface area contributed by atoms with Gasteiger partial charge in [0.25, 0.3) is 0 Å². The van der Waals surface area contributed by atoms with Crippen LogP contribution >= 0.6 is 0 Å². The van der Waals surface area contributed by atoms with Crippen molar-refractivity contribution in [3.63, 3.8) is 0 Å². The Morgan fingerprint density at radius 2 is 2.07 bits per heavy atom. The fourth-order valence-corrected chi connectivity index (χ4v) is 3.75. The topological polar surface area (TPSA) is 59.9 Å². The van der Waals surface area contributed by atoms with E-state index in [4.69, 9.17) is 4.74 Å². The summed E-state index contributed by atoms with van der Waals surface area (Å²) in [5.74, 6) is 0.914. The molecule has 5 heteroatoms. The molecule has 4 aromatic rings. The molecule has 0 spiro atoms. The van der Waals surface area contributed by atoms with Gasteiger partial charge in [-0.25, -0.2) is 4.98 Å². The number of hydrogen-bond acceptors (Lipinski definition) is 3. The minimum absolute atomic E-state index is 0.168. The van der Waals surface area contributed by atoms with E-state index in [2.05, 4.69) is 29.0 Å². The van der Waals surface area contributed by atoms with Crippen LogP contribution in [0.5, 0.6) is 5.75 Å². The van der Waals surface area contributed by atoms with Gasteiger partial charge in [0.05, 0.1) is 18.8 Å². The molecule has 0 saturated carbocycles. The number of aromatic nitrogens is 3. The SMILES string of the molecule is CCCCCC(=O)n1ccc2c(Cc3c[nH]c4ncc(OC)cc34)cccc21. The summed E-state index contributed by atoms with van der Waals surface area (Å²) in [4.78, 5) is 20.2. The Bertz CT molecular complexity index is 1120. The molecule has 0 unspecified atom stereocenters. The first-order chi connectivity index (χ1) is 13.7. The number of pyridine rings is 1. The molecule has 3 aromatic heterocycles. The number of unbranched alkanes of at least 4 members (excludes halogenated alkanes) is 2. The number of nitrogens with zero attached hydrogens (tertiary/aromatic N) is 2. The average molecular weight is 375 g/mol. The molecular formula is C23H25N3O2. The molecule has 28 heavy (non-hydrogen) atoms. The lowest BCUT2D eigenvalue weighted by Crippen LogP contribution is -2.08. The van der Waals surface area contributed by atoms with Gasteiger partial charge in [-0.15, -0.1) is 0 Å². The van der Waals surface area contributed by atoms with Crippen LogP contribution in [0.4, 0.5) is 0 Å². The number of methoxy groups -OCH3 is 1. The van der Waals surface area contributed by atoms with Crippen LogP contribution in [-0.4, -0.2) is 27.6 Å². The quantitative estimate of drug-likeness (QED) is 0.444. The third kappa shape index (κ3) is 3.40. The molecule has 0 aliphatic carbocycles. The maximum Gasteiger partial charge on any atom is 0.231 e. The number of benzene rings is 1. The molecule has 0 aliphatic rings. The van der Waals surface area contributed by atoms with Gasteiger partial charge in [-0.1, -0.05) is 31.9 Å². The monoisotopic (exact) mass is 375 g/mol. The number of aromatic amines is 1. The maximum atomic E-state index is 12.6. The van der Waals surface area contributed by atoms with E-state index < -0.39 is 0 Å². The van der Waals surface area contributed by atoms with E-state index in [1.165, 1.54) is 5.56 Å². The number of nitrogens with one attached hydrogen (secondary N) is 1. The first kappa shape index (κ1) is 18.3. The summed E-state index contributed by atoms with van der Waals surface area (Å²) in [6, 6.07) is 10.2. The summed E-state index contributed by atoms with van der Waals surface area (Å²) < 4.78 is 7.12. The number of rotatable bonds is 7. The minimum Gasteiger partial charge on any atom is -0.495 e. The molecule has 1 N–H and O–H groups in total. The normalized spacial score (nSPS) is 11.4. The van der Waals surface area contributed by atoms with Crippen molar-refractivity contribution >= 4 is 27.8 Å². The van der Waals surface area contributed by atoms with E-state index in [9.17, 15) is 4.79 Å². The van der Waals surface area contributed by atoms with Crippen LogP contribution in [-0.2, 0) is 6.42 Å². The maximum absolute atomic E-state index is 12.6. The van der Waals surface area contributed by atoms with Gasteiger partial charge in [0, 0.05) is 36.0 Å². The van der Waals surface area contributed by atoms with Crippen LogP contribution in [0.2, 0.25) is 0 Å². The average Bonchev–Trinajstić information content (AvgIpc) is 3.32. The molecule has 3 heterocycles. The third-order valence-corrected chi connectivity index (χ3v) is 5.29. The molecule has 1 aromatic carbocycles. The van der Waals surface area contributed by atoms with Crippen LogP contribution in [0.15, 0.2) is 48.9 Å². The number of carbonyl (C=O) groups is 1. The number of H-pyrrole nitrogens is 1. The highest BCUT2D eigenvalue weighted by Gasteiger charge is 2.13. The Morgan fingerprint density at radius 1 is 1.18 bits per heavy atom. The molecule has 4 rings (SSSR count). The van der Waals surface area contributed by atoms with Crippen LogP contribution in [0.1, 0.15) is 48.5 Å². The van der Waals surface area contributed by atoms with Crippen LogP contribution in [0.3, 0.4) is 0 Å². The molecule has 0 saturated heterocycles. The number of carbonyl (C=O) groups excluding carboxylic acids is 1.